The van der Waals surface area contributed by atoms with Gasteiger partial charge in [0, 0.05) is 0 Å². The number of primary amides is 1. The molecule has 0 spiro atoms. The molecule has 2 rings (SSSR count). The van der Waals surface area contributed by atoms with E-state index in [1.807, 2.05) is 18.2 Å². The van der Waals surface area contributed by atoms with E-state index in [1.54, 1.807) is 18.2 Å². The molecule has 0 aliphatic heterocycles. The van der Waals surface area contributed by atoms with Gasteiger partial charge in [-0.3, -0.25) is 4.79 Å². The fourth-order valence-electron chi connectivity index (χ4n) is 2.00. The molecule has 0 fully saturated rings. The van der Waals surface area contributed by atoms with Gasteiger partial charge in [0.05, 0.1) is 11.3 Å². The zero-order valence-electron chi connectivity index (χ0n) is 12.5. The molecule has 0 heterocycles. The van der Waals surface area contributed by atoms with Gasteiger partial charge in [-0.25, -0.2) is 0 Å². The highest BCUT2D eigenvalue weighted by atomic mass is 16.5. The summed E-state index contributed by atoms with van der Waals surface area (Å²) >= 11 is 0. The molecule has 0 radical (unpaired) electrons. The number of amides is 1. The minimum absolute atomic E-state index is 0.0278. The van der Waals surface area contributed by atoms with Crippen LogP contribution in [0.3, 0.4) is 0 Å². The molecule has 21 heavy (non-hydrogen) atoms. The standard InChI is InChI=1S/C17H20N2O2/c1-17(2,3)11-6-4-7-12(10-11)21-14-9-5-8-13(15(14)18)16(19)20/h4-10H,18H2,1-3H3,(H2,19,20). The average Bonchev–Trinajstić information content (AvgIpc) is 2.40. The van der Waals surface area contributed by atoms with E-state index in [2.05, 4.69) is 26.8 Å². The second-order valence-electron chi connectivity index (χ2n) is 5.96. The number of para-hydroxylation sites is 1. The van der Waals surface area contributed by atoms with Crippen molar-refractivity contribution in [3.8, 4) is 11.5 Å². The molecule has 0 bridgehead atoms. The minimum Gasteiger partial charge on any atom is -0.455 e. The number of rotatable bonds is 3. The number of ether oxygens (including phenoxy) is 1. The van der Waals surface area contributed by atoms with Crippen molar-refractivity contribution in [1.82, 2.24) is 0 Å². The Kier molecular flexibility index (Phi) is 3.89. The van der Waals surface area contributed by atoms with Crippen LogP contribution in [0.25, 0.3) is 0 Å². The molecule has 4 nitrogen and oxygen atoms in total. The maximum absolute atomic E-state index is 11.3. The summed E-state index contributed by atoms with van der Waals surface area (Å²) in [5, 5.41) is 0. The first-order valence-corrected chi connectivity index (χ1v) is 6.76. The van der Waals surface area contributed by atoms with Gasteiger partial charge in [-0.1, -0.05) is 39.0 Å². The van der Waals surface area contributed by atoms with E-state index in [0.29, 0.717) is 11.5 Å². The minimum atomic E-state index is -0.568. The van der Waals surface area contributed by atoms with Gasteiger partial charge in [0.15, 0.2) is 5.75 Å². The smallest absolute Gasteiger partial charge is 0.250 e. The fraction of sp³-hybridized carbons (Fsp3) is 0.235. The molecule has 0 unspecified atom stereocenters. The molecule has 1 amide bonds. The van der Waals surface area contributed by atoms with E-state index in [-0.39, 0.29) is 16.7 Å². The molecule has 2 aromatic carbocycles. The summed E-state index contributed by atoms with van der Waals surface area (Å²) < 4.78 is 5.80. The summed E-state index contributed by atoms with van der Waals surface area (Å²) in [5.74, 6) is 0.537. The highest BCUT2D eigenvalue weighted by Crippen LogP contribution is 2.32. The van der Waals surface area contributed by atoms with Gasteiger partial charge >= 0.3 is 0 Å². The third-order valence-electron chi connectivity index (χ3n) is 3.26. The second-order valence-corrected chi connectivity index (χ2v) is 5.96. The van der Waals surface area contributed by atoms with Crippen LogP contribution in [0.2, 0.25) is 0 Å². The molecule has 0 atom stereocenters. The maximum atomic E-state index is 11.3. The van der Waals surface area contributed by atoms with Crippen LogP contribution < -0.4 is 16.2 Å². The zero-order chi connectivity index (χ0) is 15.6. The summed E-state index contributed by atoms with van der Waals surface area (Å²) in [5.41, 5.74) is 12.9. The highest BCUT2D eigenvalue weighted by molar-refractivity contribution is 5.99. The lowest BCUT2D eigenvalue weighted by atomic mass is 9.87. The zero-order valence-corrected chi connectivity index (χ0v) is 12.5. The van der Waals surface area contributed by atoms with Crippen molar-refractivity contribution >= 4 is 11.6 Å². The van der Waals surface area contributed by atoms with Crippen molar-refractivity contribution in [2.75, 3.05) is 5.73 Å². The number of hydrogen-bond donors (Lipinski definition) is 2. The van der Waals surface area contributed by atoms with E-state index in [0.717, 1.165) is 5.56 Å². The average molecular weight is 284 g/mol. The van der Waals surface area contributed by atoms with Gasteiger partial charge < -0.3 is 16.2 Å². The number of benzene rings is 2. The largest absolute Gasteiger partial charge is 0.455 e. The number of carbonyl (C=O) groups is 1. The lowest BCUT2D eigenvalue weighted by molar-refractivity contribution is 0.100. The molecular weight excluding hydrogens is 264 g/mol. The quantitative estimate of drug-likeness (QED) is 0.847. The Hall–Kier alpha value is -2.49. The van der Waals surface area contributed by atoms with Gasteiger partial charge in [0.1, 0.15) is 5.75 Å². The molecule has 2 aromatic rings. The molecule has 4 N–H and O–H groups in total. The van der Waals surface area contributed by atoms with Gasteiger partial charge in [-0.15, -0.1) is 0 Å². The van der Waals surface area contributed by atoms with Crippen LogP contribution in [0.5, 0.6) is 11.5 Å². The number of anilines is 1. The summed E-state index contributed by atoms with van der Waals surface area (Å²) in [4.78, 5) is 11.3. The van der Waals surface area contributed by atoms with Crippen molar-refractivity contribution in [3.05, 3.63) is 53.6 Å². The normalized spacial score (nSPS) is 11.2. The molecule has 4 heteroatoms. The van der Waals surface area contributed by atoms with E-state index >= 15 is 0 Å². The van der Waals surface area contributed by atoms with Crippen LogP contribution in [-0.4, -0.2) is 5.91 Å². The van der Waals surface area contributed by atoms with Crippen molar-refractivity contribution in [2.24, 2.45) is 5.73 Å². The molecule has 0 aliphatic rings. The highest BCUT2D eigenvalue weighted by Gasteiger charge is 2.15. The fourth-order valence-corrected chi connectivity index (χ4v) is 2.00. The summed E-state index contributed by atoms with van der Waals surface area (Å²) in [6, 6.07) is 12.8. The van der Waals surface area contributed by atoms with Crippen LogP contribution in [0.1, 0.15) is 36.7 Å². The number of nitrogens with two attached hydrogens (primary N) is 2. The summed E-state index contributed by atoms with van der Waals surface area (Å²) in [7, 11) is 0. The van der Waals surface area contributed by atoms with Crippen molar-refractivity contribution < 1.29 is 9.53 Å². The van der Waals surface area contributed by atoms with Crippen LogP contribution in [-0.2, 0) is 5.41 Å². The second kappa shape index (κ2) is 5.48. The third kappa shape index (κ3) is 3.34. The first-order chi connectivity index (χ1) is 9.79. The lowest BCUT2D eigenvalue weighted by Gasteiger charge is -2.20. The number of carbonyl (C=O) groups excluding carboxylic acids is 1. The van der Waals surface area contributed by atoms with Gasteiger partial charge in [-0.05, 0) is 35.2 Å². The SMILES string of the molecule is CC(C)(C)c1cccc(Oc2cccc(C(N)=O)c2N)c1. The molecular formula is C17H20N2O2. The van der Waals surface area contributed by atoms with E-state index in [9.17, 15) is 4.79 Å². The number of nitrogen functional groups attached to an aromatic ring is 1. The van der Waals surface area contributed by atoms with Crippen LogP contribution >= 0.6 is 0 Å². The van der Waals surface area contributed by atoms with Gasteiger partial charge in [0.2, 0.25) is 0 Å². The lowest BCUT2D eigenvalue weighted by Crippen LogP contribution is -2.14. The molecule has 110 valence electrons. The Morgan fingerprint density at radius 3 is 2.38 bits per heavy atom. The summed E-state index contributed by atoms with van der Waals surface area (Å²) in [6.45, 7) is 6.40. The van der Waals surface area contributed by atoms with E-state index < -0.39 is 5.91 Å². The summed E-state index contributed by atoms with van der Waals surface area (Å²) in [6.07, 6.45) is 0. The Bertz CT molecular complexity index is 673. The Labute approximate surface area is 124 Å². The topological polar surface area (TPSA) is 78.3 Å². The maximum Gasteiger partial charge on any atom is 0.250 e. The first-order valence-electron chi connectivity index (χ1n) is 6.76. The predicted molar refractivity (Wildman–Crippen MR) is 84.6 cm³/mol. The van der Waals surface area contributed by atoms with Crippen molar-refractivity contribution in [2.45, 2.75) is 26.2 Å². The molecule has 0 aromatic heterocycles. The number of hydrogen-bond acceptors (Lipinski definition) is 3. The Morgan fingerprint density at radius 2 is 1.76 bits per heavy atom. The van der Waals surface area contributed by atoms with Crippen molar-refractivity contribution in [1.29, 1.82) is 0 Å². The van der Waals surface area contributed by atoms with Crippen molar-refractivity contribution in [3.63, 3.8) is 0 Å². The molecule has 0 saturated heterocycles. The molecule has 0 aliphatic carbocycles. The van der Waals surface area contributed by atoms with Crippen LogP contribution in [0.15, 0.2) is 42.5 Å². The van der Waals surface area contributed by atoms with Crippen LogP contribution in [0.4, 0.5) is 5.69 Å². The van der Waals surface area contributed by atoms with E-state index in [4.69, 9.17) is 16.2 Å². The molecule has 0 saturated carbocycles. The van der Waals surface area contributed by atoms with Gasteiger partial charge in [0.25, 0.3) is 5.91 Å². The van der Waals surface area contributed by atoms with Crippen LogP contribution in [0, 0.1) is 0 Å². The Balaban J connectivity index is 2.35. The first kappa shape index (κ1) is 14.9. The van der Waals surface area contributed by atoms with E-state index in [1.165, 1.54) is 0 Å². The Morgan fingerprint density at radius 1 is 1.10 bits per heavy atom. The monoisotopic (exact) mass is 284 g/mol. The van der Waals surface area contributed by atoms with Gasteiger partial charge in [-0.2, -0.15) is 0 Å². The predicted octanol–water partition coefficient (Wildman–Crippen LogP) is 3.46. The third-order valence-corrected chi connectivity index (χ3v) is 3.26.